The molecule has 19 heavy (non-hydrogen) atoms. The lowest BCUT2D eigenvalue weighted by Crippen LogP contribution is -2.30. The van der Waals surface area contributed by atoms with Crippen LogP contribution in [0.3, 0.4) is 0 Å². The average Bonchev–Trinajstić information content (AvgIpc) is 3.05. The zero-order valence-electron chi connectivity index (χ0n) is 9.83. The molecular formula is C14H8N3O2+. The summed E-state index contributed by atoms with van der Waals surface area (Å²) in [4.78, 5) is 8.59. The van der Waals surface area contributed by atoms with Gasteiger partial charge in [0.25, 0.3) is 0 Å². The summed E-state index contributed by atoms with van der Waals surface area (Å²) >= 11 is 0. The number of oxazole rings is 1. The van der Waals surface area contributed by atoms with Gasteiger partial charge < -0.3 is 8.83 Å². The molecule has 90 valence electrons. The van der Waals surface area contributed by atoms with E-state index in [0.717, 1.165) is 29.0 Å². The number of rotatable bonds is 0. The molecule has 5 heterocycles. The van der Waals surface area contributed by atoms with Crippen molar-refractivity contribution in [3.8, 4) is 11.6 Å². The highest BCUT2D eigenvalue weighted by molar-refractivity contribution is 5.97. The number of pyridine rings is 2. The largest absolute Gasteiger partial charge is 0.404 e. The van der Waals surface area contributed by atoms with Crippen molar-refractivity contribution in [1.29, 1.82) is 0 Å². The molecule has 0 fully saturated rings. The summed E-state index contributed by atoms with van der Waals surface area (Å²) in [5.41, 5.74) is 3.62. The quantitative estimate of drug-likeness (QED) is 0.396. The van der Waals surface area contributed by atoms with Gasteiger partial charge in [0, 0.05) is 12.4 Å². The van der Waals surface area contributed by atoms with Crippen LogP contribution in [0.1, 0.15) is 5.56 Å². The first-order valence-electron chi connectivity index (χ1n) is 6.06. The summed E-state index contributed by atoms with van der Waals surface area (Å²) in [6.07, 6.45) is 3.49. The van der Waals surface area contributed by atoms with Crippen LogP contribution in [0.5, 0.6) is 0 Å². The lowest BCUT2D eigenvalue weighted by molar-refractivity contribution is -0.648. The van der Waals surface area contributed by atoms with E-state index >= 15 is 0 Å². The second kappa shape index (κ2) is 3.00. The first kappa shape index (κ1) is 9.27. The Kier molecular flexibility index (Phi) is 1.46. The minimum Gasteiger partial charge on any atom is -0.401 e. The predicted molar refractivity (Wildman–Crippen MR) is 66.3 cm³/mol. The minimum atomic E-state index is 0.514. The Bertz CT molecular complexity index is 952. The van der Waals surface area contributed by atoms with Gasteiger partial charge in [0.1, 0.15) is 5.39 Å². The molecule has 0 spiro atoms. The average molecular weight is 250 g/mol. The van der Waals surface area contributed by atoms with Crippen molar-refractivity contribution in [2.24, 2.45) is 0 Å². The Morgan fingerprint density at radius 3 is 2.95 bits per heavy atom. The van der Waals surface area contributed by atoms with Gasteiger partial charge in [-0.2, -0.15) is 0 Å². The number of fused-ring (bicyclic) bond motifs is 7. The summed E-state index contributed by atoms with van der Waals surface area (Å²) in [5, 5.41) is 0.973. The summed E-state index contributed by atoms with van der Waals surface area (Å²) in [7, 11) is 0. The van der Waals surface area contributed by atoms with Crippen molar-refractivity contribution >= 4 is 22.4 Å². The normalized spacial score (nSPS) is 13.1. The van der Waals surface area contributed by atoms with E-state index in [9.17, 15) is 0 Å². The van der Waals surface area contributed by atoms with Crippen molar-refractivity contribution in [2.75, 3.05) is 0 Å². The number of hydrogen-bond donors (Lipinski definition) is 0. The second-order valence-corrected chi connectivity index (χ2v) is 4.60. The van der Waals surface area contributed by atoms with Crippen LogP contribution in [0, 0.1) is 0 Å². The van der Waals surface area contributed by atoms with Gasteiger partial charge in [0.15, 0.2) is 12.2 Å². The summed E-state index contributed by atoms with van der Waals surface area (Å²) < 4.78 is 13.6. The van der Waals surface area contributed by atoms with Crippen LogP contribution in [0.2, 0.25) is 0 Å². The maximum Gasteiger partial charge on any atom is 0.404 e. The number of hydrogen-bond acceptors (Lipinski definition) is 4. The van der Waals surface area contributed by atoms with E-state index < -0.39 is 0 Å². The third kappa shape index (κ3) is 1.03. The Morgan fingerprint density at radius 1 is 1.05 bits per heavy atom. The van der Waals surface area contributed by atoms with Gasteiger partial charge in [0.2, 0.25) is 5.71 Å². The summed E-state index contributed by atoms with van der Waals surface area (Å²) in [5.74, 6) is 1.27. The van der Waals surface area contributed by atoms with Gasteiger partial charge in [-0.3, -0.25) is 0 Å². The molecule has 0 aromatic carbocycles. The van der Waals surface area contributed by atoms with Crippen LogP contribution in [0.4, 0.5) is 0 Å². The number of furan rings is 1. The van der Waals surface area contributed by atoms with Gasteiger partial charge in [-0.25, -0.2) is 9.97 Å². The van der Waals surface area contributed by atoms with E-state index in [4.69, 9.17) is 8.83 Å². The summed E-state index contributed by atoms with van der Waals surface area (Å²) in [6.45, 7) is 0.759. The maximum absolute atomic E-state index is 5.82. The van der Waals surface area contributed by atoms with E-state index in [2.05, 4.69) is 20.6 Å². The third-order valence-corrected chi connectivity index (χ3v) is 3.54. The van der Waals surface area contributed by atoms with Crippen molar-refractivity contribution in [1.82, 2.24) is 9.97 Å². The Morgan fingerprint density at radius 2 is 1.95 bits per heavy atom. The lowest BCUT2D eigenvalue weighted by Gasteiger charge is -1.87. The molecule has 0 N–H and O–H groups in total. The highest BCUT2D eigenvalue weighted by atomic mass is 16.5. The SMILES string of the molecule is c1cnc2c(c1)C[n+]1c-2oc2oc3ncccc3c21. The molecule has 0 atom stereocenters. The molecule has 5 nitrogen and oxygen atoms in total. The molecule has 0 saturated heterocycles. The molecule has 0 bridgehead atoms. The van der Waals surface area contributed by atoms with Crippen LogP contribution in [-0.2, 0) is 6.54 Å². The Labute approximate surface area is 107 Å². The molecule has 0 radical (unpaired) electrons. The molecule has 1 aliphatic heterocycles. The Hall–Kier alpha value is -2.69. The van der Waals surface area contributed by atoms with Gasteiger partial charge in [-0.15, -0.1) is 4.57 Å². The topological polar surface area (TPSA) is 55.9 Å². The van der Waals surface area contributed by atoms with Crippen molar-refractivity contribution in [3.63, 3.8) is 0 Å². The fourth-order valence-corrected chi connectivity index (χ4v) is 2.72. The molecule has 4 aromatic heterocycles. The zero-order valence-corrected chi connectivity index (χ0v) is 9.83. The van der Waals surface area contributed by atoms with Crippen molar-refractivity contribution in [3.05, 3.63) is 42.2 Å². The first-order valence-corrected chi connectivity index (χ1v) is 6.06. The highest BCUT2D eigenvalue weighted by Crippen LogP contribution is 2.33. The molecule has 1 aliphatic rings. The highest BCUT2D eigenvalue weighted by Gasteiger charge is 2.38. The Balaban J connectivity index is 1.94. The maximum atomic E-state index is 5.82. The fraction of sp³-hybridized carbons (Fsp3) is 0.0714. The van der Waals surface area contributed by atoms with Gasteiger partial charge in [-0.05, 0) is 24.3 Å². The van der Waals surface area contributed by atoms with Crippen LogP contribution >= 0.6 is 0 Å². The van der Waals surface area contributed by atoms with E-state index in [1.54, 1.807) is 12.4 Å². The molecule has 5 rings (SSSR count). The fourth-order valence-electron chi connectivity index (χ4n) is 2.72. The van der Waals surface area contributed by atoms with Gasteiger partial charge in [0.05, 0.1) is 5.56 Å². The first-order chi connectivity index (χ1) is 9.42. The van der Waals surface area contributed by atoms with E-state index in [1.807, 2.05) is 18.2 Å². The van der Waals surface area contributed by atoms with Gasteiger partial charge in [-0.1, -0.05) is 0 Å². The number of aromatic nitrogens is 3. The number of nitrogens with zero attached hydrogens (tertiary/aromatic N) is 3. The second-order valence-electron chi connectivity index (χ2n) is 4.60. The van der Waals surface area contributed by atoms with E-state index in [-0.39, 0.29) is 0 Å². The molecule has 5 heteroatoms. The molecule has 0 saturated carbocycles. The van der Waals surface area contributed by atoms with Gasteiger partial charge >= 0.3 is 17.2 Å². The summed E-state index contributed by atoms with van der Waals surface area (Å²) in [6, 6.07) is 7.90. The molecule has 0 unspecified atom stereocenters. The molecule has 0 amide bonds. The van der Waals surface area contributed by atoms with Crippen molar-refractivity contribution in [2.45, 2.75) is 6.54 Å². The van der Waals surface area contributed by atoms with Crippen molar-refractivity contribution < 1.29 is 13.4 Å². The molecular weight excluding hydrogens is 242 g/mol. The van der Waals surface area contributed by atoms with Crippen LogP contribution < -0.4 is 4.57 Å². The van der Waals surface area contributed by atoms with Crippen LogP contribution in [0.15, 0.2) is 45.5 Å². The van der Waals surface area contributed by atoms with Crippen LogP contribution in [-0.4, -0.2) is 9.97 Å². The predicted octanol–water partition coefficient (Wildman–Crippen LogP) is 2.29. The zero-order chi connectivity index (χ0) is 12.4. The lowest BCUT2D eigenvalue weighted by atomic mass is 10.2. The molecule has 0 aliphatic carbocycles. The van der Waals surface area contributed by atoms with E-state index in [1.165, 1.54) is 5.56 Å². The minimum absolute atomic E-state index is 0.514. The standard InChI is InChI=1S/C14H8N3O2/c1-3-8-7-17-11-9-4-2-6-16-12(9)18-14(11)19-13(17)10(8)15-5-1/h1-6H,7H2/q+1. The molecule has 4 aromatic rings. The van der Waals surface area contributed by atoms with Crippen LogP contribution in [0.25, 0.3) is 34.0 Å². The van der Waals surface area contributed by atoms with E-state index in [0.29, 0.717) is 11.5 Å². The third-order valence-electron chi connectivity index (χ3n) is 3.54. The smallest absolute Gasteiger partial charge is 0.401 e. The monoisotopic (exact) mass is 250 g/mol.